The van der Waals surface area contributed by atoms with Crippen LogP contribution in [0.1, 0.15) is 25.8 Å². The van der Waals surface area contributed by atoms with E-state index in [0.29, 0.717) is 11.3 Å². The van der Waals surface area contributed by atoms with Crippen molar-refractivity contribution in [2.24, 2.45) is 28.8 Å². The molecule has 2 fully saturated rings. The number of imide groups is 1. The number of hydrogen-bond acceptors (Lipinski definition) is 6. The Balaban J connectivity index is 1.63. The van der Waals surface area contributed by atoms with Crippen LogP contribution in [-0.4, -0.2) is 34.1 Å². The molecule has 140 valence electrons. The quantitative estimate of drug-likeness (QED) is 0.261. The average molecular weight is 369 g/mol. The van der Waals surface area contributed by atoms with Crippen molar-refractivity contribution in [2.45, 2.75) is 26.4 Å². The largest absolute Gasteiger partial charge is 0.490 e. The third kappa shape index (κ3) is 2.81. The number of ether oxygens (including phenoxy) is 1. The molecule has 2 aliphatic carbocycles. The minimum atomic E-state index is -0.517. The van der Waals surface area contributed by atoms with Gasteiger partial charge in [0.25, 0.3) is 17.5 Å². The van der Waals surface area contributed by atoms with Gasteiger partial charge < -0.3 is 4.74 Å². The number of nitro benzene ring substituents is 1. The fourth-order valence-electron chi connectivity index (χ4n) is 4.23. The van der Waals surface area contributed by atoms with Gasteiger partial charge in [0.1, 0.15) is 5.75 Å². The zero-order valence-electron chi connectivity index (χ0n) is 14.9. The topological polar surface area (TPSA) is 102 Å². The standard InChI is InChI=1S/C19H19N3O5/c1-10(2)27-15-6-5-14(22(25)26)8-13(15)9-20-21-18(23)16-11-3-4-12(7-11)17(16)19(21)24/h3-6,8-12,16-17H,7H2,1-2H3. The van der Waals surface area contributed by atoms with Crippen LogP contribution in [0, 0.1) is 33.8 Å². The second kappa shape index (κ2) is 6.29. The van der Waals surface area contributed by atoms with Crippen LogP contribution in [0.25, 0.3) is 0 Å². The smallest absolute Gasteiger partial charge is 0.270 e. The van der Waals surface area contributed by atoms with E-state index in [4.69, 9.17) is 4.74 Å². The summed E-state index contributed by atoms with van der Waals surface area (Å²) in [6.45, 7) is 3.67. The molecule has 1 aromatic rings. The summed E-state index contributed by atoms with van der Waals surface area (Å²) < 4.78 is 5.66. The number of hydrazone groups is 1. The Bertz CT molecular complexity index is 861. The highest BCUT2D eigenvalue weighted by molar-refractivity contribution is 6.07. The van der Waals surface area contributed by atoms with Gasteiger partial charge in [-0.3, -0.25) is 19.7 Å². The Hall–Kier alpha value is -3.03. The molecule has 1 saturated heterocycles. The first kappa shape index (κ1) is 17.4. The minimum absolute atomic E-state index is 0.106. The lowest BCUT2D eigenvalue weighted by Crippen LogP contribution is -2.28. The Kier molecular flexibility index (Phi) is 4.05. The second-order valence-corrected chi connectivity index (χ2v) is 7.38. The Morgan fingerprint density at radius 2 is 1.85 bits per heavy atom. The van der Waals surface area contributed by atoms with E-state index in [9.17, 15) is 19.7 Å². The number of allylic oxidation sites excluding steroid dienone is 2. The van der Waals surface area contributed by atoms with Gasteiger partial charge in [-0.15, -0.1) is 0 Å². The average Bonchev–Trinajstić information content (AvgIpc) is 3.28. The van der Waals surface area contributed by atoms with Crippen LogP contribution in [-0.2, 0) is 9.59 Å². The fourth-order valence-corrected chi connectivity index (χ4v) is 4.23. The van der Waals surface area contributed by atoms with Gasteiger partial charge in [-0.25, -0.2) is 0 Å². The fraction of sp³-hybridized carbons (Fsp3) is 0.421. The highest BCUT2D eigenvalue weighted by Crippen LogP contribution is 2.52. The van der Waals surface area contributed by atoms with Crippen LogP contribution in [0.4, 0.5) is 5.69 Å². The van der Waals surface area contributed by atoms with Gasteiger partial charge in [-0.05, 0) is 38.2 Å². The molecule has 2 amide bonds. The molecule has 4 unspecified atom stereocenters. The minimum Gasteiger partial charge on any atom is -0.490 e. The zero-order valence-corrected chi connectivity index (χ0v) is 14.9. The van der Waals surface area contributed by atoms with Gasteiger partial charge in [0, 0.05) is 17.7 Å². The number of carbonyl (C=O) groups is 2. The van der Waals surface area contributed by atoms with Crippen molar-refractivity contribution in [2.75, 3.05) is 0 Å². The molecule has 3 aliphatic rings. The first-order valence-corrected chi connectivity index (χ1v) is 8.92. The van der Waals surface area contributed by atoms with E-state index >= 15 is 0 Å². The van der Waals surface area contributed by atoms with E-state index < -0.39 is 4.92 Å². The van der Waals surface area contributed by atoms with Crippen LogP contribution in [0.15, 0.2) is 35.5 Å². The van der Waals surface area contributed by atoms with E-state index in [2.05, 4.69) is 5.10 Å². The highest BCUT2D eigenvalue weighted by Gasteiger charge is 2.59. The van der Waals surface area contributed by atoms with Crippen molar-refractivity contribution in [3.05, 3.63) is 46.0 Å². The maximum Gasteiger partial charge on any atom is 0.270 e. The number of non-ortho nitro benzene ring substituents is 1. The molecule has 4 rings (SSSR count). The van der Waals surface area contributed by atoms with Gasteiger partial charge in [-0.1, -0.05) is 12.2 Å². The molecule has 8 heteroatoms. The lowest BCUT2D eigenvalue weighted by molar-refractivity contribution is -0.384. The van der Waals surface area contributed by atoms with Crippen molar-refractivity contribution in [1.29, 1.82) is 0 Å². The maximum atomic E-state index is 12.7. The molecule has 2 bridgehead atoms. The number of amides is 2. The molecular weight excluding hydrogens is 350 g/mol. The maximum absolute atomic E-state index is 12.7. The summed E-state index contributed by atoms with van der Waals surface area (Å²) in [6.07, 6.45) is 6.02. The number of hydrogen-bond donors (Lipinski definition) is 0. The lowest BCUT2D eigenvalue weighted by atomic mass is 9.85. The predicted molar refractivity (Wildman–Crippen MR) is 96.0 cm³/mol. The molecule has 4 atom stereocenters. The Morgan fingerprint density at radius 1 is 1.22 bits per heavy atom. The summed E-state index contributed by atoms with van der Waals surface area (Å²) in [4.78, 5) is 35.9. The first-order valence-electron chi connectivity index (χ1n) is 8.92. The molecule has 1 aromatic carbocycles. The molecule has 8 nitrogen and oxygen atoms in total. The number of nitrogens with zero attached hydrogens (tertiary/aromatic N) is 3. The molecule has 0 N–H and O–H groups in total. The summed E-state index contributed by atoms with van der Waals surface area (Å²) in [5.41, 5.74) is 0.224. The summed E-state index contributed by atoms with van der Waals surface area (Å²) >= 11 is 0. The number of rotatable bonds is 5. The third-order valence-electron chi connectivity index (χ3n) is 5.33. The molecule has 1 heterocycles. The van der Waals surface area contributed by atoms with Gasteiger partial charge in [0.05, 0.1) is 29.1 Å². The van der Waals surface area contributed by atoms with E-state index in [1.807, 2.05) is 26.0 Å². The van der Waals surface area contributed by atoms with E-state index in [1.54, 1.807) is 0 Å². The molecule has 0 spiro atoms. The zero-order chi connectivity index (χ0) is 19.3. The second-order valence-electron chi connectivity index (χ2n) is 7.38. The van der Waals surface area contributed by atoms with Gasteiger partial charge >= 0.3 is 0 Å². The number of benzene rings is 1. The van der Waals surface area contributed by atoms with Crippen LogP contribution in [0.5, 0.6) is 5.75 Å². The number of carbonyl (C=O) groups excluding carboxylic acids is 2. The van der Waals surface area contributed by atoms with Crippen molar-refractivity contribution < 1.29 is 19.2 Å². The summed E-state index contributed by atoms with van der Waals surface area (Å²) in [5, 5.41) is 16.1. The Labute approximate surface area is 155 Å². The van der Waals surface area contributed by atoms with Crippen molar-refractivity contribution >= 4 is 23.7 Å². The van der Waals surface area contributed by atoms with Crippen LogP contribution in [0.2, 0.25) is 0 Å². The summed E-state index contributed by atoms with van der Waals surface area (Å²) in [5.74, 6) is -0.643. The first-order chi connectivity index (χ1) is 12.9. The van der Waals surface area contributed by atoms with E-state index in [0.717, 1.165) is 11.4 Å². The van der Waals surface area contributed by atoms with Crippen LogP contribution in [0.3, 0.4) is 0 Å². The SMILES string of the molecule is CC(C)Oc1ccc([N+](=O)[O-])cc1C=NN1C(=O)C2C3C=CC(C3)C2C1=O. The number of fused-ring (bicyclic) bond motifs is 5. The normalized spacial score (nSPS) is 28.6. The number of nitro groups is 1. The van der Waals surface area contributed by atoms with Gasteiger partial charge in [0.2, 0.25) is 0 Å². The molecular formula is C19H19N3O5. The molecule has 1 saturated carbocycles. The predicted octanol–water partition coefficient (Wildman–Crippen LogP) is 2.52. The molecule has 1 aliphatic heterocycles. The summed E-state index contributed by atoms with van der Waals surface area (Å²) in [7, 11) is 0. The van der Waals surface area contributed by atoms with Crippen LogP contribution < -0.4 is 4.74 Å². The van der Waals surface area contributed by atoms with Gasteiger partial charge in [0.15, 0.2) is 0 Å². The van der Waals surface area contributed by atoms with E-state index in [1.165, 1.54) is 24.4 Å². The van der Waals surface area contributed by atoms with Crippen molar-refractivity contribution in [3.8, 4) is 5.75 Å². The molecule has 0 aromatic heterocycles. The Morgan fingerprint density at radius 3 is 2.41 bits per heavy atom. The molecule has 0 radical (unpaired) electrons. The summed E-state index contributed by atoms with van der Waals surface area (Å²) in [6, 6.07) is 4.15. The highest BCUT2D eigenvalue weighted by atomic mass is 16.6. The molecule has 27 heavy (non-hydrogen) atoms. The van der Waals surface area contributed by atoms with Crippen LogP contribution >= 0.6 is 0 Å². The third-order valence-corrected chi connectivity index (χ3v) is 5.33. The van der Waals surface area contributed by atoms with Gasteiger partial charge in [-0.2, -0.15) is 10.1 Å². The van der Waals surface area contributed by atoms with Crippen molar-refractivity contribution in [1.82, 2.24) is 5.01 Å². The van der Waals surface area contributed by atoms with E-state index in [-0.39, 0.29) is 47.3 Å². The van der Waals surface area contributed by atoms with Crippen molar-refractivity contribution in [3.63, 3.8) is 0 Å². The monoisotopic (exact) mass is 369 g/mol. The lowest BCUT2D eigenvalue weighted by Gasteiger charge is -2.13.